The average Bonchev–Trinajstić information content (AvgIpc) is 2.64. The molecular weight excluding hydrogens is 296 g/mol. The number of likely N-dealkylation sites (N-methyl/N-ethyl adjacent to an activating group) is 1. The second-order valence-electron chi connectivity index (χ2n) is 6.60. The fourth-order valence-corrected chi connectivity index (χ4v) is 3.38. The summed E-state index contributed by atoms with van der Waals surface area (Å²) in [6.45, 7) is 3.67. The van der Waals surface area contributed by atoms with Crippen LogP contribution in [0.3, 0.4) is 0 Å². The highest BCUT2D eigenvalue weighted by molar-refractivity contribution is 5.76. The number of piperazine rings is 1. The Balaban J connectivity index is 1.68. The summed E-state index contributed by atoms with van der Waals surface area (Å²) in [6, 6.07) is 21.1. The van der Waals surface area contributed by atoms with Gasteiger partial charge >= 0.3 is 0 Å². The van der Waals surface area contributed by atoms with Crippen molar-refractivity contribution in [2.45, 2.75) is 18.8 Å². The minimum Gasteiger partial charge on any atom is -0.340 e. The van der Waals surface area contributed by atoms with Crippen molar-refractivity contribution in [3.8, 4) is 0 Å². The Bertz CT molecular complexity index is 594. The summed E-state index contributed by atoms with van der Waals surface area (Å²) in [5, 5.41) is 0. The first-order valence-corrected chi connectivity index (χ1v) is 8.80. The topological polar surface area (TPSA) is 23.6 Å². The number of rotatable bonds is 5. The van der Waals surface area contributed by atoms with Crippen LogP contribution in [0.15, 0.2) is 60.7 Å². The molecule has 0 N–H and O–H groups in total. The molecule has 0 radical (unpaired) electrons. The third kappa shape index (κ3) is 4.24. The molecule has 0 aromatic heterocycles. The molecular formula is C21H26N2O. The van der Waals surface area contributed by atoms with Crippen LogP contribution in [0.25, 0.3) is 0 Å². The lowest BCUT2D eigenvalue weighted by atomic mass is 9.87. The number of benzene rings is 2. The molecule has 0 spiro atoms. The van der Waals surface area contributed by atoms with Gasteiger partial charge in [0, 0.05) is 38.5 Å². The van der Waals surface area contributed by atoms with E-state index in [4.69, 9.17) is 0 Å². The first kappa shape index (κ1) is 16.7. The molecule has 2 aromatic rings. The van der Waals surface area contributed by atoms with E-state index in [1.54, 1.807) is 0 Å². The summed E-state index contributed by atoms with van der Waals surface area (Å²) in [5.41, 5.74) is 2.57. The first-order valence-electron chi connectivity index (χ1n) is 8.80. The van der Waals surface area contributed by atoms with Crippen molar-refractivity contribution in [1.82, 2.24) is 9.80 Å². The Hall–Kier alpha value is -2.13. The summed E-state index contributed by atoms with van der Waals surface area (Å²) >= 11 is 0. The summed E-state index contributed by atoms with van der Waals surface area (Å²) in [5.74, 6) is 0.573. The van der Waals surface area contributed by atoms with Crippen molar-refractivity contribution in [1.29, 1.82) is 0 Å². The van der Waals surface area contributed by atoms with Crippen molar-refractivity contribution in [2.24, 2.45) is 0 Å². The molecule has 0 bridgehead atoms. The monoisotopic (exact) mass is 322 g/mol. The maximum Gasteiger partial charge on any atom is 0.222 e. The predicted octanol–water partition coefficient (Wildman–Crippen LogP) is 3.37. The van der Waals surface area contributed by atoms with Gasteiger partial charge in [0.2, 0.25) is 5.91 Å². The van der Waals surface area contributed by atoms with Gasteiger partial charge in [-0.15, -0.1) is 0 Å². The molecule has 1 fully saturated rings. The number of hydrogen-bond acceptors (Lipinski definition) is 2. The summed E-state index contributed by atoms with van der Waals surface area (Å²) in [7, 11) is 2.11. The normalized spacial score (nSPS) is 15.7. The molecule has 3 heteroatoms. The Morgan fingerprint density at radius 2 is 1.38 bits per heavy atom. The number of carbonyl (C=O) groups excluding carboxylic acids is 1. The molecule has 3 rings (SSSR count). The molecule has 2 aromatic carbocycles. The smallest absolute Gasteiger partial charge is 0.222 e. The third-order valence-electron chi connectivity index (χ3n) is 4.91. The van der Waals surface area contributed by atoms with E-state index in [1.807, 2.05) is 17.0 Å². The highest BCUT2D eigenvalue weighted by Gasteiger charge is 2.21. The van der Waals surface area contributed by atoms with Crippen molar-refractivity contribution in [3.05, 3.63) is 71.8 Å². The zero-order chi connectivity index (χ0) is 16.8. The van der Waals surface area contributed by atoms with E-state index >= 15 is 0 Å². The van der Waals surface area contributed by atoms with Crippen LogP contribution in [0.1, 0.15) is 29.9 Å². The van der Waals surface area contributed by atoms with Gasteiger partial charge in [-0.25, -0.2) is 0 Å². The van der Waals surface area contributed by atoms with Crippen LogP contribution in [-0.2, 0) is 4.79 Å². The lowest BCUT2D eigenvalue weighted by Crippen LogP contribution is -2.47. The van der Waals surface area contributed by atoms with Crippen molar-refractivity contribution < 1.29 is 4.79 Å². The largest absolute Gasteiger partial charge is 0.340 e. The molecule has 0 saturated carbocycles. The molecule has 3 nitrogen and oxygen atoms in total. The molecule has 1 amide bonds. The predicted molar refractivity (Wildman–Crippen MR) is 98.0 cm³/mol. The molecule has 0 unspecified atom stereocenters. The van der Waals surface area contributed by atoms with Crippen molar-refractivity contribution in [2.75, 3.05) is 33.2 Å². The lowest BCUT2D eigenvalue weighted by molar-refractivity contribution is -0.132. The lowest BCUT2D eigenvalue weighted by Gasteiger charge is -2.32. The average molecular weight is 322 g/mol. The molecule has 1 heterocycles. The van der Waals surface area contributed by atoms with E-state index in [2.05, 4.69) is 60.5 Å². The maximum absolute atomic E-state index is 12.6. The summed E-state index contributed by atoms with van der Waals surface area (Å²) in [4.78, 5) is 16.9. The van der Waals surface area contributed by atoms with Crippen molar-refractivity contribution >= 4 is 5.91 Å². The quantitative estimate of drug-likeness (QED) is 0.842. The van der Waals surface area contributed by atoms with E-state index in [0.29, 0.717) is 12.3 Å². The molecule has 1 aliphatic rings. The highest BCUT2D eigenvalue weighted by atomic mass is 16.2. The van der Waals surface area contributed by atoms with Gasteiger partial charge in [0.05, 0.1) is 0 Å². The van der Waals surface area contributed by atoms with Crippen LogP contribution < -0.4 is 0 Å². The third-order valence-corrected chi connectivity index (χ3v) is 4.91. The molecule has 1 aliphatic heterocycles. The van der Waals surface area contributed by atoms with Crippen LogP contribution in [-0.4, -0.2) is 48.9 Å². The Morgan fingerprint density at radius 1 is 0.875 bits per heavy atom. The number of carbonyl (C=O) groups is 1. The van der Waals surface area contributed by atoms with Crippen LogP contribution >= 0.6 is 0 Å². The first-order chi connectivity index (χ1) is 11.7. The highest BCUT2D eigenvalue weighted by Crippen LogP contribution is 2.29. The molecule has 0 atom stereocenters. The Morgan fingerprint density at radius 3 is 1.88 bits per heavy atom. The van der Waals surface area contributed by atoms with E-state index in [-0.39, 0.29) is 5.92 Å². The molecule has 0 aliphatic carbocycles. The minimum absolute atomic E-state index is 0.281. The second-order valence-corrected chi connectivity index (χ2v) is 6.60. The SMILES string of the molecule is CN1CCN(C(=O)CCC(c2ccccc2)c2ccccc2)CC1. The van der Waals surface area contributed by atoms with E-state index in [9.17, 15) is 4.79 Å². The van der Waals surface area contributed by atoms with Gasteiger partial charge in [-0.2, -0.15) is 0 Å². The Kier molecular flexibility index (Phi) is 5.65. The minimum atomic E-state index is 0.281. The molecule has 1 saturated heterocycles. The fraction of sp³-hybridized carbons (Fsp3) is 0.381. The van der Waals surface area contributed by atoms with Crippen molar-refractivity contribution in [3.63, 3.8) is 0 Å². The molecule has 126 valence electrons. The van der Waals surface area contributed by atoms with Gasteiger partial charge in [-0.3, -0.25) is 4.79 Å². The standard InChI is InChI=1S/C21H26N2O/c1-22-14-16-23(17-15-22)21(24)13-12-20(18-8-4-2-5-9-18)19-10-6-3-7-11-19/h2-11,20H,12-17H2,1H3. The zero-order valence-corrected chi connectivity index (χ0v) is 14.4. The van der Waals surface area contributed by atoms with Gasteiger partial charge in [0.25, 0.3) is 0 Å². The fourth-order valence-electron chi connectivity index (χ4n) is 3.38. The summed E-state index contributed by atoms with van der Waals surface area (Å²) < 4.78 is 0. The van der Waals surface area contributed by atoms with E-state index in [0.717, 1.165) is 32.6 Å². The van der Waals surface area contributed by atoms with Gasteiger partial charge in [0.15, 0.2) is 0 Å². The van der Waals surface area contributed by atoms with Gasteiger partial charge in [-0.05, 0) is 24.6 Å². The van der Waals surface area contributed by atoms with Gasteiger partial charge in [0.1, 0.15) is 0 Å². The number of hydrogen-bond donors (Lipinski definition) is 0. The second kappa shape index (κ2) is 8.11. The van der Waals surface area contributed by atoms with Crippen LogP contribution in [0.4, 0.5) is 0 Å². The molecule has 24 heavy (non-hydrogen) atoms. The summed E-state index contributed by atoms with van der Waals surface area (Å²) in [6.07, 6.45) is 1.47. The maximum atomic E-state index is 12.6. The Labute approximate surface area is 144 Å². The van der Waals surface area contributed by atoms with Gasteiger partial charge in [-0.1, -0.05) is 60.7 Å². The van der Waals surface area contributed by atoms with Gasteiger partial charge < -0.3 is 9.80 Å². The number of nitrogens with zero attached hydrogens (tertiary/aromatic N) is 2. The van der Waals surface area contributed by atoms with E-state index < -0.39 is 0 Å². The van der Waals surface area contributed by atoms with E-state index in [1.165, 1.54) is 11.1 Å². The van der Waals surface area contributed by atoms with Crippen LogP contribution in [0, 0.1) is 0 Å². The van der Waals surface area contributed by atoms with Crippen LogP contribution in [0.5, 0.6) is 0 Å². The zero-order valence-electron chi connectivity index (χ0n) is 14.4. The number of amides is 1. The van der Waals surface area contributed by atoms with Crippen LogP contribution in [0.2, 0.25) is 0 Å².